The number of furan rings is 1. The predicted octanol–water partition coefficient (Wildman–Crippen LogP) is 3.14. The standard InChI is InChI=1S/C13H10F2O4/c1-7-10(13(16)17)5-9(19-7)6-18-12-3-2-8(14)4-11(12)15/h2-5H,6H2,1H3,(H,16,17). The smallest absolute Gasteiger partial charge is 0.339 e. The molecule has 1 aromatic heterocycles. The van der Waals surface area contributed by atoms with Gasteiger partial charge in [0.15, 0.2) is 11.6 Å². The Bertz CT molecular complexity index is 619. The quantitative estimate of drug-likeness (QED) is 0.925. The molecule has 6 heteroatoms. The molecule has 2 rings (SSSR count). The highest BCUT2D eigenvalue weighted by Crippen LogP contribution is 2.21. The van der Waals surface area contributed by atoms with Crippen LogP contribution in [0.4, 0.5) is 8.78 Å². The molecule has 1 aromatic carbocycles. The number of aromatic carboxylic acids is 1. The van der Waals surface area contributed by atoms with Crippen molar-refractivity contribution in [2.24, 2.45) is 0 Å². The molecule has 100 valence electrons. The van der Waals surface area contributed by atoms with Crippen LogP contribution >= 0.6 is 0 Å². The summed E-state index contributed by atoms with van der Waals surface area (Å²) in [7, 11) is 0. The Hall–Kier alpha value is -2.37. The van der Waals surface area contributed by atoms with Crippen molar-refractivity contribution in [1.82, 2.24) is 0 Å². The first-order chi connectivity index (χ1) is 8.97. The monoisotopic (exact) mass is 268 g/mol. The summed E-state index contributed by atoms with van der Waals surface area (Å²) in [5.41, 5.74) is 0.0261. The summed E-state index contributed by atoms with van der Waals surface area (Å²) in [6.45, 7) is 1.36. The van der Waals surface area contributed by atoms with Crippen LogP contribution in [-0.2, 0) is 6.61 Å². The second kappa shape index (κ2) is 5.09. The van der Waals surface area contributed by atoms with Gasteiger partial charge in [0.1, 0.15) is 29.5 Å². The van der Waals surface area contributed by atoms with Crippen molar-refractivity contribution in [3.05, 3.63) is 53.0 Å². The summed E-state index contributed by atoms with van der Waals surface area (Å²) in [5.74, 6) is -2.29. The molecule has 0 atom stereocenters. The maximum absolute atomic E-state index is 13.3. The summed E-state index contributed by atoms with van der Waals surface area (Å²) in [6, 6.07) is 4.22. The van der Waals surface area contributed by atoms with Crippen LogP contribution in [0, 0.1) is 18.6 Å². The minimum Gasteiger partial charge on any atom is -0.483 e. The Morgan fingerprint density at radius 2 is 2.11 bits per heavy atom. The van der Waals surface area contributed by atoms with Gasteiger partial charge in [-0.1, -0.05) is 0 Å². The molecule has 2 aromatic rings. The van der Waals surface area contributed by atoms with Gasteiger partial charge in [-0.3, -0.25) is 0 Å². The van der Waals surface area contributed by atoms with E-state index in [1.54, 1.807) is 0 Å². The van der Waals surface area contributed by atoms with Crippen molar-refractivity contribution in [1.29, 1.82) is 0 Å². The Kier molecular flexibility index (Phi) is 3.50. The summed E-state index contributed by atoms with van der Waals surface area (Å²) in [6.07, 6.45) is 0. The van der Waals surface area contributed by atoms with Gasteiger partial charge < -0.3 is 14.3 Å². The molecule has 0 aliphatic carbocycles. The molecule has 0 radical (unpaired) electrons. The van der Waals surface area contributed by atoms with Crippen LogP contribution in [0.2, 0.25) is 0 Å². The van der Waals surface area contributed by atoms with Gasteiger partial charge in [0.25, 0.3) is 0 Å². The number of ether oxygens (including phenoxy) is 1. The third kappa shape index (κ3) is 2.90. The zero-order valence-corrected chi connectivity index (χ0v) is 9.94. The van der Waals surface area contributed by atoms with Crippen LogP contribution in [0.5, 0.6) is 5.75 Å². The lowest BCUT2D eigenvalue weighted by Crippen LogP contribution is -1.97. The third-order valence-corrected chi connectivity index (χ3v) is 2.46. The minimum atomic E-state index is -1.11. The number of rotatable bonds is 4. The fourth-order valence-electron chi connectivity index (χ4n) is 1.57. The van der Waals surface area contributed by atoms with Crippen molar-refractivity contribution in [3.8, 4) is 5.75 Å². The van der Waals surface area contributed by atoms with E-state index >= 15 is 0 Å². The first-order valence-corrected chi connectivity index (χ1v) is 5.38. The lowest BCUT2D eigenvalue weighted by atomic mass is 10.2. The molecule has 4 nitrogen and oxygen atoms in total. The summed E-state index contributed by atoms with van der Waals surface area (Å²) < 4.78 is 36.2. The van der Waals surface area contributed by atoms with Gasteiger partial charge in [0.05, 0.1) is 0 Å². The fraction of sp³-hybridized carbons (Fsp3) is 0.154. The van der Waals surface area contributed by atoms with Crippen LogP contribution in [0.1, 0.15) is 21.9 Å². The number of carboxylic acids is 1. The molecule has 0 saturated carbocycles. The zero-order valence-electron chi connectivity index (χ0n) is 9.94. The molecule has 0 fully saturated rings. The number of carboxylic acid groups (broad SMARTS) is 1. The Morgan fingerprint density at radius 1 is 1.37 bits per heavy atom. The van der Waals surface area contributed by atoms with Crippen molar-refractivity contribution in [2.75, 3.05) is 0 Å². The van der Waals surface area contributed by atoms with E-state index in [1.165, 1.54) is 13.0 Å². The van der Waals surface area contributed by atoms with E-state index < -0.39 is 17.6 Å². The first kappa shape index (κ1) is 13.1. The third-order valence-electron chi connectivity index (χ3n) is 2.46. The highest BCUT2D eigenvalue weighted by Gasteiger charge is 2.14. The highest BCUT2D eigenvalue weighted by molar-refractivity contribution is 5.88. The zero-order chi connectivity index (χ0) is 14.0. The second-order valence-corrected chi connectivity index (χ2v) is 3.85. The van der Waals surface area contributed by atoms with Crippen LogP contribution in [-0.4, -0.2) is 11.1 Å². The van der Waals surface area contributed by atoms with Gasteiger partial charge in [0.2, 0.25) is 0 Å². The SMILES string of the molecule is Cc1oc(COc2ccc(F)cc2F)cc1C(=O)O. The van der Waals surface area contributed by atoms with E-state index in [-0.39, 0.29) is 29.4 Å². The van der Waals surface area contributed by atoms with E-state index in [4.69, 9.17) is 14.3 Å². The largest absolute Gasteiger partial charge is 0.483 e. The number of halogens is 2. The van der Waals surface area contributed by atoms with Crippen molar-refractivity contribution in [3.63, 3.8) is 0 Å². The summed E-state index contributed by atoms with van der Waals surface area (Å²) >= 11 is 0. The molecule has 0 saturated heterocycles. The first-order valence-electron chi connectivity index (χ1n) is 5.38. The Balaban J connectivity index is 2.10. The lowest BCUT2D eigenvalue weighted by molar-refractivity contribution is 0.0695. The molecule has 0 spiro atoms. The maximum atomic E-state index is 13.3. The number of aryl methyl sites for hydroxylation is 1. The van der Waals surface area contributed by atoms with E-state index in [0.29, 0.717) is 6.07 Å². The van der Waals surface area contributed by atoms with Crippen molar-refractivity contribution in [2.45, 2.75) is 13.5 Å². The van der Waals surface area contributed by atoms with Crippen LogP contribution in [0.25, 0.3) is 0 Å². The molecule has 1 heterocycles. The van der Waals surface area contributed by atoms with Gasteiger partial charge >= 0.3 is 5.97 Å². The lowest BCUT2D eigenvalue weighted by Gasteiger charge is -2.04. The highest BCUT2D eigenvalue weighted by atomic mass is 19.1. The average Bonchev–Trinajstić information content (AvgIpc) is 2.69. The van der Waals surface area contributed by atoms with Gasteiger partial charge in [-0.25, -0.2) is 13.6 Å². The van der Waals surface area contributed by atoms with Crippen LogP contribution in [0.3, 0.4) is 0 Å². The van der Waals surface area contributed by atoms with Crippen molar-refractivity contribution >= 4 is 5.97 Å². The van der Waals surface area contributed by atoms with Gasteiger partial charge in [-0.05, 0) is 25.1 Å². The van der Waals surface area contributed by atoms with E-state index in [0.717, 1.165) is 12.1 Å². The van der Waals surface area contributed by atoms with E-state index in [2.05, 4.69) is 0 Å². The van der Waals surface area contributed by atoms with Crippen LogP contribution in [0.15, 0.2) is 28.7 Å². The van der Waals surface area contributed by atoms with Crippen LogP contribution < -0.4 is 4.74 Å². The molecule has 0 unspecified atom stereocenters. The molecular formula is C13H10F2O4. The van der Waals surface area contributed by atoms with Gasteiger partial charge in [0, 0.05) is 6.07 Å². The average molecular weight is 268 g/mol. The number of carbonyl (C=O) groups is 1. The molecule has 0 amide bonds. The number of hydrogen-bond donors (Lipinski definition) is 1. The maximum Gasteiger partial charge on any atom is 0.339 e. The molecular weight excluding hydrogens is 258 g/mol. The minimum absolute atomic E-state index is 0.0261. The summed E-state index contributed by atoms with van der Waals surface area (Å²) in [5, 5.41) is 8.84. The topological polar surface area (TPSA) is 59.7 Å². The second-order valence-electron chi connectivity index (χ2n) is 3.85. The normalized spacial score (nSPS) is 10.5. The Labute approximate surface area is 107 Å². The van der Waals surface area contributed by atoms with E-state index in [1.807, 2.05) is 0 Å². The van der Waals surface area contributed by atoms with E-state index in [9.17, 15) is 13.6 Å². The van der Waals surface area contributed by atoms with Gasteiger partial charge in [-0.2, -0.15) is 0 Å². The predicted molar refractivity (Wildman–Crippen MR) is 61.1 cm³/mol. The molecule has 1 N–H and O–H groups in total. The summed E-state index contributed by atoms with van der Waals surface area (Å²) in [4.78, 5) is 10.8. The molecule has 0 aliphatic heterocycles. The van der Waals surface area contributed by atoms with Crippen molar-refractivity contribution < 1.29 is 27.8 Å². The number of hydrogen-bond acceptors (Lipinski definition) is 3. The number of benzene rings is 1. The fourth-order valence-corrected chi connectivity index (χ4v) is 1.57. The van der Waals surface area contributed by atoms with Gasteiger partial charge in [-0.15, -0.1) is 0 Å². The molecule has 0 aliphatic rings. The molecule has 19 heavy (non-hydrogen) atoms. The molecule has 0 bridgehead atoms. The Morgan fingerprint density at radius 3 is 2.68 bits per heavy atom.